The molecule has 7 nitrogen and oxygen atoms in total. The summed E-state index contributed by atoms with van der Waals surface area (Å²) in [6, 6.07) is 16.6. The van der Waals surface area contributed by atoms with E-state index in [0.29, 0.717) is 35.8 Å². The van der Waals surface area contributed by atoms with Gasteiger partial charge in [-0.15, -0.1) is 0 Å². The van der Waals surface area contributed by atoms with Crippen molar-refractivity contribution in [3.8, 4) is 11.5 Å². The number of nitrogens with one attached hydrogen (secondary N) is 1. The minimum Gasteiger partial charge on any atom is -0.486 e. The number of halogens is 1. The van der Waals surface area contributed by atoms with Crippen molar-refractivity contribution in [2.24, 2.45) is 0 Å². The molecule has 32 heavy (non-hydrogen) atoms. The molecule has 0 aliphatic carbocycles. The van der Waals surface area contributed by atoms with Gasteiger partial charge in [0.15, 0.2) is 11.5 Å². The lowest BCUT2D eigenvalue weighted by atomic mass is 10.1. The number of fused-ring (bicyclic) bond motifs is 1. The van der Waals surface area contributed by atoms with Gasteiger partial charge >= 0.3 is 0 Å². The minimum atomic E-state index is -3.91. The second-order valence-electron chi connectivity index (χ2n) is 7.28. The average molecular weight is 456 g/mol. The number of amides is 1. The average Bonchev–Trinajstić information content (AvgIpc) is 2.78. The van der Waals surface area contributed by atoms with E-state index in [0.717, 1.165) is 0 Å². The highest BCUT2D eigenvalue weighted by molar-refractivity contribution is 7.92. The third-order valence-corrected chi connectivity index (χ3v) is 6.22. The van der Waals surface area contributed by atoms with Crippen LogP contribution in [0, 0.1) is 5.82 Å². The zero-order valence-electron chi connectivity index (χ0n) is 17.2. The summed E-state index contributed by atoms with van der Waals surface area (Å²) in [4.78, 5) is 14.3. The van der Waals surface area contributed by atoms with Gasteiger partial charge in [0.2, 0.25) is 0 Å². The Kier molecular flexibility index (Phi) is 6.00. The van der Waals surface area contributed by atoms with Crippen molar-refractivity contribution in [2.75, 3.05) is 25.0 Å². The van der Waals surface area contributed by atoms with Crippen LogP contribution in [0.15, 0.2) is 71.6 Å². The van der Waals surface area contributed by atoms with E-state index in [4.69, 9.17) is 9.47 Å². The van der Waals surface area contributed by atoms with Crippen LogP contribution < -0.4 is 14.2 Å². The fraction of sp³-hybridized carbons (Fsp3) is 0.174. The molecule has 0 atom stereocenters. The fourth-order valence-corrected chi connectivity index (χ4v) is 4.39. The topological polar surface area (TPSA) is 84.9 Å². The van der Waals surface area contributed by atoms with E-state index >= 15 is 0 Å². The summed E-state index contributed by atoms with van der Waals surface area (Å²) in [7, 11) is -2.32. The second kappa shape index (κ2) is 8.88. The quantitative estimate of drug-likeness (QED) is 0.612. The molecule has 4 rings (SSSR count). The van der Waals surface area contributed by atoms with Crippen LogP contribution in [0.25, 0.3) is 0 Å². The number of ether oxygens (including phenoxy) is 2. The number of nitrogens with zero attached hydrogens (tertiary/aromatic N) is 1. The molecule has 0 fully saturated rings. The molecule has 0 bridgehead atoms. The van der Waals surface area contributed by atoms with Gasteiger partial charge in [-0.2, -0.15) is 0 Å². The number of rotatable bonds is 6. The van der Waals surface area contributed by atoms with Gasteiger partial charge in [0.25, 0.3) is 15.9 Å². The van der Waals surface area contributed by atoms with Gasteiger partial charge in [-0.1, -0.05) is 18.2 Å². The third-order valence-electron chi connectivity index (χ3n) is 4.84. The zero-order chi connectivity index (χ0) is 22.7. The lowest BCUT2D eigenvalue weighted by Crippen LogP contribution is -2.26. The number of anilines is 1. The van der Waals surface area contributed by atoms with Gasteiger partial charge in [-0.25, -0.2) is 12.8 Å². The summed E-state index contributed by atoms with van der Waals surface area (Å²) >= 11 is 0. The van der Waals surface area contributed by atoms with Crippen LogP contribution in [0.5, 0.6) is 11.5 Å². The molecule has 3 aromatic carbocycles. The van der Waals surface area contributed by atoms with Crippen molar-refractivity contribution in [3.05, 3.63) is 83.7 Å². The van der Waals surface area contributed by atoms with Crippen molar-refractivity contribution < 1.29 is 27.1 Å². The standard InChI is InChI=1S/C23H21FN2O5S/c1-26(15-16-4-2-6-18(24)12-16)23(27)17-5-3-7-19(13-17)25-32(28,29)20-8-9-21-22(14-20)31-11-10-30-21/h2-9,12-14,25H,10-11,15H2,1H3. The van der Waals surface area contributed by atoms with Gasteiger partial charge < -0.3 is 14.4 Å². The van der Waals surface area contributed by atoms with E-state index in [1.54, 1.807) is 43.4 Å². The molecule has 0 aromatic heterocycles. The van der Waals surface area contributed by atoms with Crippen LogP contribution in [0.4, 0.5) is 10.1 Å². The van der Waals surface area contributed by atoms with Crippen LogP contribution >= 0.6 is 0 Å². The molecule has 0 saturated carbocycles. The van der Waals surface area contributed by atoms with Crippen molar-refractivity contribution in [2.45, 2.75) is 11.4 Å². The Hall–Kier alpha value is -3.59. The third kappa shape index (κ3) is 4.83. The van der Waals surface area contributed by atoms with Crippen LogP contribution in [0.1, 0.15) is 15.9 Å². The number of benzene rings is 3. The number of hydrogen-bond donors (Lipinski definition) is 1. The van der Waals surface area contributed by atoms with E-state index in [9.17, 15) is 17.6 Å². The predicted molar refractivity (Wildman–Crippen MR) is 117 cm³/mol. The molecule has 166 valence electrons. The van der Waals surface area contributed by atoms with Crippen LogP contribution in [0.2, 0.25) is 0 Å². The monoisotopic (exact) mass is 456 g/mol. The molecule has 1 heterocycles. The Labute approximate surface area is 185 Å². The smallest absolute Gasteiger partial charge is 0.262 e. The van der Waals surface area contributed by atoms with E-state index < -0.39 is 10.0 Å². The zero-order valence-corrected chi connectivity index (χ0v) is 18.1. The molecule has 1 amide bonds. The van der Waals surface area contributed by atoms with E-state index in [2.05, 4.69) is 4.72 Å². The Balaban J connectivity index is 1.50. The molecular weight excluding hydrogens is 435 g/mol. The molecule has 3 aromatic rings. The molecule has 1 aliphatic rings. The first-order chi connectivity index (χ1) is 15.3. The second-order valence-corrected chi connectivity index (χ2v) is 8.97. The van der Waals surface area contributed by atoms with E-state index in [-0.39, 0.29) is 28.9 Å². The highest BCUT2D eigenvalue weighted by Gasteiger charge is 2.20. The summed E-state index contributed by atoms with van der Waals surface area (Å²) in [5.41, 5.74) is 1.19. The summed E-state index contributed by atoms with van der Waals surface area (Å²) in [6.07, 6.45) is 0. The maximum absolute atomic E-state index is 13.4. The number of hydrogen-bond acceptors (Lipinski definition) is 5. The first-order valence-electron chi connectivity index (χ1n) is 9.84. The van der Waals surface area contributed by atoms with Gasteiger partial charge in [-0.3, -0.25) is 9.52 Å². The highest BCUT2D eigenvalue weighted by atomic mass is 32.2. The molecule has 1 aliphatic heterocycles. The Morgan fingerprint density at radius 1 is 1.00 bits per heavy atom. The molecule has 1 N–H and O–H groups in total. The number of sulfonamides is 1. The summed E-state index contributed by atoms with van der Waals surface area (Å²) < 4.78 is 52.4. The summed E-state index contributed by atoms with van der Waals surface area (Å²) in [6.45, 7) is 0.965. The largest absolute Gasteiger partial charge is 0.486 e. The normalized spacial score (nSPS) is 12.8. The maximum atomic E-state index is 13.4. The first kappa shape index (κ1) is 21.6. The molecular formula is C23H21FN2O5S. The number of carbonyl (C=O) groups is 1. The Bertz CT molecular complexity index is 1260. The summed E-state index contributed by atoms with van der Waals surface area (Å²) in [5.74, 6) is 0.152. The lowest BCUT2D eigenvalue weighted by molar-refractivity contribution is 0.0785. The molecule has 9 heteroatoms. The predicted octanol–water partition coefficient (Wildman–Crippen LogP) is 3.67. The molecule has 0 unspecified atom stereocenters. The van der Waals surface area contributed by atoms with Crippen molar-refractivity contribution in [3.63, 3.8) is 0 Å². The van der Waals surface area contributed by atoms with Gasteiger partial charge in [0.1, 0.15) is 19.0 Å². The SMILES string of the molecule is CN(Cc1cccc(F)c1)C(=O)c1cccc(NS(=O)(=O)c2ccc3c(c2)OCCO3)c1. The van der Waals surface area contributed by atoms with E-state index in [1.807, 2.05) is 0 Å². The van der Waals surface area contributed by atoms with Crippen molar-refractivity contribution >= 4 is 21.6 Å². The van der Waals surface area contributed by atoms with Crippen molar-refractivity contribution in [1.29, 1.82) is 0 Å². The summed E-state index contributed by atoms with van der Waals surface area (Å²) in [5, 5.41) is 0. The molecule has 0 saturated heterocycles. The van der Waals surface area contributed by atoms with Crippen molar-refractivity contribution in [1.82, 2.24) is 4.90 Å². The van der Waals surface area contributed by atoms with Gasteiger partial charge in [0, 0.05) is 30.9 Å². The van der Waals surface area contributed by atoms with E-state index in [1.165, 1.54) is 35.2 Å². The molecule has 0 spiro atoms. The van der Waals surface area contributed by atoms with Crippen LogP contribution in [-0.2, 0) is 16.6 Å². The number of carbonyl (C=O) groups excluding carboxylic acids is 1. The van der Waals surface area contributed by atoms with Gasteiger partial charge in [-0.05, 0) is 48.0 Å². The Morgan fingerprint density at radius 2 is 1.75 bits per heavy atom. The van der Waals surface area contributed by atoms with Crippen LogP contribution in [-0.4, -0.2) is 39.5 Å². The maximum Gasteiger partial charge on any atom is 0.262 e. The highest BCUT2D eigenvalue weighted by Crippen LogP contribution is 2.32. The molecule has 0 radical (unpaired) electrons. The Morgan fingerprint density at radius 3 is 2.53 bits per heavy atom. The lowest BCUT2D eigenvalue weighted by Gasteiger charge is -2.19. The minimum absolute atomic E-state index is 0.0155. The fourth-order valence-electron chi connectivity index (χ4n) is 3.32. The first-order valence-corrected chi connectivity index (χ1v) is 11.3. The van der Waals surface area contributed by atoms with Crippen LogP contribution in [0.3, 0.4) is 0 Å². The van der Waals surface area contributed by atoms with Gasteiger partial charge in [0.05, 0.1) is 4.90 Å².